The first-order valence-electron chi connectivity index (χ1n) is 3.23. The van der Waals surface area contributed by atoms with Gasteiger partial charge in [-0.1, -0.05) is 0 Å². The van der Waals surface area contributed by atoms with Crippen LogP contribution in [0.25, 0.3) is 0 Å². The van der Waals surface area contributed by atoms with Crippen LogP contribution in [-0.4, -0.2) is 11.6 Å². The van der Waals surface area contributed by atoms with Crippen LogP contribution in [0.1, 0.15) is 5.69 Å². The summed E-state index contributed by atoms with van der Waals surface area (Å²) >= 11 is 0. The average molecular weight is 159 g/mol. The van der Waals surface area contributed by atoms with E-state index < -0.39 is 0 Å². The number of pyridine rings is 1. The molecule has 0 saturated carbocycles. The fourth-order valence-corrected chi connectivity index (χ4v) is 0.701. The zero-order chi connectivity index (χ0) is 8.81. The molecule has 12 heavy (non-hydrogen) atoms. The lowest BCUT2D eigenvalue weighted by Crippen LogP contribution is -1.96. The maximum atomic E-state index is 8.54. The molecular formula is C8H5N3O. The van der Waals surface area contributed by atoms with Crippen LogP contribution in [0.15, 0.2) is 18.3 Å². The molecular weight excluding hydrogens is 154 g/mol. The number of nitrogens with zero attached hydrogens (tertiary/aromatic N) is 3. The molecule has 0 aromatic carbocycles. The summed E-state index contributed by atoms with van der Waals surface area (Å²) in [6, 6.07) is 6.91. The molecule has 0 fully saturated rings. The zero-order valence-electron chi connectivity index (χ0n) is 6.19. The number of aromatic nitrogens is 1. The third-order valence-corrected chi connectivity index (χ3v) is 1.17. The Balaban J connectivity index is 2.86. The largest absolute Gasteiger partial charge is 0.476 e. The lowest BCUT2D eigenvalue weighted by atomic mass is 10.3. The van der Waals surface area contributed by atoms with Crippen molar-refractivity contribution in [3.05, 3.63) is 24.0 Å². The Labute approximate surface area is 69.6 Å². The number of rotatable bonds is 2. The third kappa shape index (κ3) is 1.71. The van der Waals surface area contributed by atoms with Crippen molar-refractivity contribution in [2.75, 3.05) is 6.61 Å². The van der Waals surface area contributed by atoms with Crippen LogP contribution in [0, 0.1) is 22.7 Å². The first kappa shape index (κ1) is 8.03. The molecule has 4 nitrogen and oxygen atoms in total. The van der Waals surface area contributed by atoms with Crippen molar-refractivity contribution >= 4 is 0 Å². The highest BCUT2D eigenvalue weighted by atomic mass is 16.5. The average Bonchev–Trinajstić information content (AvgIpc) is 2.15. The molecule has 0 bridgehead atoms. The first-order valence-corrected chi connectivity index (χ1v) is 3.23. The molecule has 0 radical (unpaired) electrons. The minimum atomic E-state index is -0.0691. The number of hydrogen-bond donors (Lipinski definition) is 0. The second kappa shape index (κ2) is 3.95. The van der Waals surface area contributed by atoms with Crippen molar-refractivity contribution in [3.8, 4) is 17.9 Å². The summed E-state index contributed by atoms with van der Waals surface area (Å²) < 4.78 is 4.93. The third-order valence-electron chi connectivity index (χ3n) is 1.17. The number of ether oxygens (including phenoxy) is 1. The lowest BCUT2D eigenvalue weighted by molar-refractivity contribution is 0.365. The van der Waals surface area contributed by atoms with Gasteiger partial charge in [0.15, 0.2) is 18.1 Å². The highest BCUT2D eigenvalue weighted by Crippen LogP contribution is 2.12. The molecule has 0 atom stereocenters. The molecule has 1 aromatic rings. The monoisotopic (exact) mass is 159 g/mol. The van der Waals surface area contributed by atoms with E-state index in [0.717, 1.165) is 0 Å². The maximum absolute atomic E-state index is 8.54. The van der Waals surface area contributed by atoms with Crippen molar-refractivity contribution < 1.29 is 4.74 Å². The summed E-state index contributed by atoms with van der Waals surface area (Å²) in [4.78, 5) is 3.75. The Morgan fingerprint density at radius 3 is 3.00 bits per heavy atom. The molecule has 0 saturated heterocycles. The molecule has 0 amide bonds. The van der Waals surface area contributed by atoms with E-state index in [4.69, 9.17) is 15.3 Å². The Bertz CT molecular complexity index is 348. The molecule has 58 valence electrons. The van der Waals surface area contributed by atoms with Crippen molar-refractivity contribution in [2.24, 2.45) is 0 Å². The summed E-state index contributed by atoms with van der Waals surface area (Å²) in [5.41, 5.74) is 0.202. The minimum absolute atomic E-state index is 0.0691. The first-order chi connectivity index (χ1) is 5.88. The van der Waals surface area contributed by atoms with E-state index in [0.29, 0.717) is 5.75 Å². The Kier molecular flexibility index (Phi) is 2.64. The van der Waals surface area contributed by atoms with Crippen molar-refractivity contribution in [1.29, 1.82) is 10.5 Å². The van der Waals surface area contributed by atoms with Crippen molar-refractivity contribution in [1.82, 2.24) is 4.98 Å². The predicted molar refractivity (Wildman–Crippen MR) is 40.1 cm³/mol. The summed E-state index contributed by atoms with van der Waals surface area (Å²) in [7, 11) is 0. The second-order valence-corrected chi connectivity index (χ2v) is 1.91. The van der Waals surface area contributed by atoms with Crippen LogP contribution in [0.2, 0.25) is 0 Å². The zero-order valence-corrected chi connectivity index (χ0v) is 6.19. The fraction of sp³-hybridized carbons (Fsp3) is 0.125. The fourth-order valence-electron chi connectivity index (χ4n) is 0.701. The Hall–Kier alpha value is -2.07. The van der Waals surface area contributed by atoms with E-state index in [1.807, 2.05) is 12.1 Å². The summed E-state index contributed by atoms with van der Waals surface area (Å²) in [6.45, 7) is -0.0691. The molecule has 1 heterocycles. The normalized spacial score (nSPS) is 8.17. The van der Waals surface area contributed by atoms with Gasteiger partial charge >= 0.3 is 0 Å². The van der Waals surface area contributed by atoms with Crippen LogP contribution >= 0.6 is 0 Å². The van der Waals surface area contributed by atoms with Crippen LogP contribution < -0.4 is 4.74 Å². The van der Waals surface area contributed by atoms with Crippen LogP contribution in [0.4, 0.5) is 0 Å². The van der Waals surface area contributed by atoms with E-state index in [9.17, 15) is 0 Å². The molecule has 0 N–H and O–H groups in total. The van der Waals surface area contributed by atoms with Gasteiger partial charge in [-0.05, 0) is 12.1 Å². The van der Waals surface area contributed by atoms with Gasteiger partial charge in [-0.2, -0.15) is 10.5 Å². The molecule has 0 spiro atoms. The predicted octanol–water partition coefficient (Wildman–Crippen LogP) is 0.856. The molecule has 0 unspecified atom stereocenters. The summed E-state index contributed by atoms with van der Waals surface area (Å²) in [6.07, 6.45) is 1.50. The summed E-state index contributed by atoms with van der Waals surface area (Å²) in [5, 5.41) is 16.8. The molecule has 1 rings (SSSR count). The smallest absolute Gasteiger partial charge is 0.182 e. The highest BCUT2D eigenvalue weighted by molar-refractivity contribution is 5.36. The van der Waals surface area contributed by atoms with Crippen LogP contribution in [0.3, 0.4) is 0 Å². The Morgan fingerprint density at radius 1 is 1.50 bits per heavy atom. The SMILES string of the molecule is N#CCOc1cccnc1C#N. The van der Waals surface area contributed by atoms with E-state index in [-0.39, 0.29) is 12.3 Å². The van der Waals surface area contributed by atoms with Gasteiger partial charge in [-0.15, -0.1) is 0 Å². The van der Waals surface area contributed by atoms with Crippen LogP contribution in [-0.2, 0) is 0 Å². The van der Waals surface area contributed by atoms with Gasteiger partial charge in [0.05, 0.1) is 0 Å². The molecule has 0 aliphatic carbocycles. The quantitative estimate of drug-likeness (QED) is 0.641. The van der Waals surface area contributed by atoms with Gasteiger partial charge in [0.1, 0.15) is 12.1 Å². The number of nitriles is 2. The Morgan fingerprint density at radius 2 is 2.33 bits per heavy atom. The van der Waals surface area contributed by atoms with E-state index in [1.54, 1.807) is 12.1 Å². The second-order valence-electron chi connectivity index (χ2n) is 1.91. The van der Waals surface area contributed by atoms with Gasteiger partial charge in [0, 0.05) is 6.20 Å². The topological polar surface area (TPSA) is 69.7 Å². The minimum Gasteiger partial charge on any atom is -0.476 e. The lowest BCUT2D eigenvalue weighted by Gasteiger charge is -2.00. The van der Waals surface area contributed by atoms with E-state index in [2.05, 4.69) is 4.98 Å². The highest BCUT2D eigenvalue weighted by Gasteiger charge is 2.01. The molecule has 0 aliphatic heterocycles. The van der Waals surface area contributed by atoms with Gasteiger partial charge < -0.3 is 4.74 Å². The molecule has 4 heteroatoms. The van der Waals surface area contributed by atoms with Gasteiger partial charge in [0.25, 0.3) is 0 Å². The van der Waals surface area contributed by atoms with E-state index in [1.165, 1.54) is 6.20 Å². The van der Waals surface area contributed by atoms with Gasteiger partial charge in [-0.3, -0.25) is 0 Å². The van der Waals surface area contributed by atoms with Gasteiger partial charge in [-0.25, -0.2) is 4.98 Å². The summed E-state index contributed by atoms with van der Waals surface area (Å²) in [5.74, 6) is 0.349. The molecule has 1 aromatic heterocycles. The van der Waals surface area contributed by atoms with Crippen molar-refractivity contribution in [3.63, 3.8) is 0 Å². The van der Waals surface area contributed by atoms with Crippen LogP contribution in [0.5, 0.6) is 5.75 Å². The standard InChI is InChI=1S/C8H5N3O/c9-3-5-12-8-2-1-4-11-7(8)6-10/h1-2,4H,5H2. The van der Waals surface area contributed by atoms with Crippen molar-refractivity contribution in [2.45, 2.75) is 0 Å². The molecule has 0 aliphatic rings. The van der Waals surface area contributed by atoms with Gasteiger partial charge in [0.2, 0.25) is 0 Å². The number of hydrogen-bond acceptors (Lipinski definition) is 4. The maximum Gasteiger partial charge on any atom is 0.182 e. The van der Waals surface area contributed by atoms with E-state index >= 15 is 0 Å².